The van der Waals surface area contributed by atoms with Gasteiger partial charge in [-0.3, -0.25) is 43.6 Å². The fourth-order valence-electron chi connectivity index (χ4n) is 2.67. The zero-order valence-corrected chi connectivity index (χ0v) is 16.9. The summed E-state index contributed by atoms with van der Waals surface area (Å²) in [5.74, 6) is -5.60. The van der Waals surface area contributed by atoms with Crippen LogP contribution in [0.15, 0.2) is 0 Å². The van der Waals surface area contributed by atoms with Crippen LogP contribution in [0.5, 0.6) is 0 Å². The summed E-state index contributed by atoms with van der Waals surface area (Å²) in [7, 11) is -2.01. The molecule has 3 atom stereocenters. The van der Waals surface area contributed by atoms with E-state index in [0.29, 0.717) is 0 Å². The molecule has 14 nitrogen and oxygen atoms in total. The fourth-order valence-corrected chi connectivity index (χ4v) is 3.95. The molecule has 1 amide bonds. The summed E-state index contributed by atoms with van der Waals surface area (Å²) < 4.78 is 12.1. The molecule has 3 N–H and O–H groups in total. The van der Waals surface area contributed by atoms with Crippen molar-refractivity contribution >= 4 is 34.2 Å². The van der Waals surface area contributed by atoms with Crippen LogP contribution in [-0.4, -0.2) is 83.8 Å². The molecule has 1 heterocycles. The average Bonchev–Trinajstić information content (AvgIpc) is 2.56. The first-order valence-electron chi connectivity index (χ1n) is 8.72. The van der Waals surface area contributed by atoms with Crippen LogP contribution >= 0.6 is 0 Å². The lowest BCUT2D eigenvalue weighted by atomic mass is 9.99. The van der Waals surface area contributed by atoms with Crippen LogP contribution in [0.2, 0.25) is 0 Å². The van der Waals surface area contributed by atoms with Gasteiger partial charge >= 0.3 is 11.6 Å². The first kappa shape index (κ1) is 25.2. The van der Waals surface area contributed by atoms with Crippen molar-refractivity contribution < 1.29 is 38.3 Å². The van der Waals surface area contributed by atoms with Crippen molar-refractivity contribution in [2.75, 3.05) is 24.6 Å². The summed E-state index contributed by atoms with van der Waals surface area (Å²) in [6.45, 7) is -0.296. The molecule has 0 radical (unpaired) electrons. The fraction of sp³-hybridized carbons (Fsp3) is 0.733. The third-order valence-electron chi connectivity index (χ3n) is 4.67. The normalized spacial score (nSPS) is 17.9. The van der Waals surface area contributed by atoms with Gasteiger partial charge in [0, 0.05) is 29.4 Å². The van der Waals surface area contributed by atoms with Gasteiger partial charge in [-0.05, 0) is 13.3 Å². The highest BCUT2D eigenvalue weighted by molar-refractivity contribution is 7.85. The molecule has 2 unspecified atom stereocenters. The first-order valence-corrected chi connectivity index (χ1v) is 10.2. The van der Waals surface area contributed by atoms with Gasteiger partial charge in [0.15, 0.2) is 13.1 Å². The minimum atomic E-state index is -2.49. The highest BCUT2D eigenvalue weighted by Gasteiger charge is 2.67. The summed E-state index contributed by atoms with van der Waals surface area (Å²) >= 11 is 0. The van der Waals surface area contributed by atoms with E-state index in [1.807, 2.05) is 0 Å². The van der Waals surface area contributed by atoms with Gasteiger partial charge in [0.1, 0.15) is 27.2 Å². The number of carbonyl (C=O) groups is 4. The summed E-state index contributed by atoms with van der Waals surface area (Å²) in [5, 5.41) is 30.9. The van der Waals surface area contributed by atoms with E-state index >= 15 is 0 Å². The predicted octanol–water partition coefficient (Wildman–Crippen LogP) is -1.82. The maximum atomic E-state index is 12.1. The molecule has 0 spiro atoms. The third-order valence-corrected chi connectivity index (χ3v) is 6.01. The summed E-state index contributed by atoms with van der Waals surface area (Å²) in [6, 6.07) is -0.842. The van der Waals surface area contributed by atoms with Crippen molar-refractivity contribution in [3.8, 4) is 0 Å². The van der Waals surface area contributed by atoms with Crippen LogP contribution < -0.4 is 5.73 Å². The number of aliphatic carboxylic acids is 1. The molecule has 0 aromatic heterocycles. The molecule has 0 aromatic rings. The lowest BCUT2D eigenvalue weighted by Crippen LogP contribution is -2.71. The number of rotatable bonds is 13. The van der Waals surface area contributed by atoms with Gasteiger partial charge in [-0.1, -0.05) is 0 Å². The number of nitrogens with zero attached hydrogens (tertiary/aromatic N) is 3. The summed E-state index contributed by atoms with van der Waals surface area (Å²) in [6.07, 6.45) is -0.547. The zero-order chi connectivity index (χ0) is 23.2. The predicted molar refractivity (Wildman–Crippen MR) is 99.8 cm³/mol. The van der Waals surface area contributed by atoms with Crippen molar-refractivity contribution in [1.82, 2.24) is 4.90 Å². The molecule has 15 heteroatoms. The smallest absolute Gasteiger partial charge is 0.481 e. The van der Waals surface area contributed by atoms with Crippen molar-refractivity contribution in [1.29, 1.82) is 0 Å². The number of nitrogens with two attached hydrogens (primary N) is 1. The minimum Gasteiger partial charge on any atom is -0.481 e. The number of carbonyl (C=O) groups excluding carboxylic acids is 3. The average molecular weight is 450 g/mol. The lowest BCUT2D eigenvalue weighted by molar-refractivity contribution is -0.809. The highest BCUT2D eigenvalue weighted by atomic mass is 32.2. The number of hydrogen-bond donors (Lipinski definition) is 2. The number of Topliss-reactive ketones (excluding diaryl/α,β-unsaturated/α-hetero) is 2. The second kappa shape index (κ2) is 10.3. The van der Waals surface area contributed by atoms with Gasteiger partial charge < -0.3 is 15.7 Å². The van der Waals surface area contributed by atoms with Gasteiger partial charge in [0.25, 0.3) is 0 Å². The molecular weight excluding hydrogens is 428 g/mol. The maximum Gasteiger partial charge on any atom is 0.492 e. The maximum absolute atomic E-state index is 12.1. The standard InChI is InChI=1S/C15H22N4O10S/c1-9(20)12(16)3-2-11(21)4-10(14(23)24)5-30(29)6-13(22)17-7-15(8-17,18(25)26)19(27)28/h10,12H,2-8,16H2,1H3,(H,23,24)/t10-,12?,30?/m0/s1. The minimum absolute atomic E-state index is 0.0473. The molecule has 0 aliphatic carbocycles. The Bertz CT molecular complexity index is 763. The van der Waals surface area contributed by atoms with Crippen molar-refractivity contribution in [3.05, 3.63) is 20.2 Å². The van der Waals surface area contributed by atoms with Crippen molar-refractivity contribution in [3.63, 3.8) is 0 Å². The topological polar surface area (TPSA) is 221 Å². The lowest BCUT2D eigenvalue weighted by Gasteiger charge is -2.35. The first-order chi connectivity index (χ1) is 13.8. The molecule has 1 saturated heterocycles. The number of carboxylic acids is 1. The Kier molecular flexibility index (Phi) is 8.65. The van der Waals surface area contributed by atoms with Gasteiger partial charge in [-0.15, -0.1) is 0 Å². The SMILES string of the molecule is CC(=O)C(N)CCC(=O)C[C@@H](CS(=O)CC(=O)N1CC([N+](=O)[O-])([N+](=O)[O-])C1)C(=O)O. The summed E-state index contributed by atoms with van der Waals surface area (Å²) in [4.78, 5) is 66.6. The van der Waals surface area contributed by atoms with E-state index in [9.17, 15) is 48.7 Å². The molecular formula is C15H22N4O10S. The molecule has 30 heavy (non-hydrogen) atoms. The number of amides is 1. The molecule has 1 aliphatic heterocycles. The van der Waals surface area contributed by atoms with Crippen LogP contribution in [0.25, 0.3) is 0 Å². The highest BCUT2D eigenvalue weighted by Crippen LogP contribution is 2.25. The van der Waals surface area contributed by atoms with E-state index < -0.39 is 86.9 Å². The Morgan fingerprint density at radius 2 is 1.73 bits per heavy atom. The van der Waals surface area contributed by atoms with Crippen LogP contribution in [0.1, 0.15) is 26.2 Å². The van der Waals surface area contributed by atoms with Crippen LogP contribution in [0.4, 0.5) is 0 Å². The number of likely N-dealkylation sites (tertiary alicyclic amines) is 1. The Balaban J connectivity index is 2.56. The Labute approximate surface area is 172 Å². The van der Waals surface area contributed by atoms with Gasteiger partial charge in [0.2, 0.25) is 5.91 Å². The Morgan fingerprint density at radius 3 is 2.17 bits per heavy atom. The van der Waals surface area contributed by atoms with Gasteiger partial charge in [-0.25, -0.2) is 0 Å². The van der Waals surface area contributed by atoms with Gasteiger partial charge in [0.05, 0.1) is 12.0 Å². The molecule has 0 saturated carbocycles. The van der Waals surface area contributed by atoms with Gasteiger partial charge in [-0.2, -0.15) is 0 Å². The van der Waals surface area contributed by atoms with Crippen molar-refractivity contribution in [2.24, 2.45) is 11.7 Å². The zero-order valence-electron chi connectivity index (χ0n) is 16.1. The van der Waals surface area contributed by atoms with E-state index in [4.69, 9.17) is 5.73 Å². The van der Waals surface area contributed by atoms with Crippen molar-refractivity contribution in [2.45, 2.75) is 37.9 Å². The molecule has 1 fully saturated rings. The molecule has 1 aliphatic rings. The van der Waals surface area contributed by atoms with E-state index in [1.54, 1.807) is 0 Å². The molecule has 168 valence electrons. The second-order valence-electron chi connectivity index (χ2n) is 7.03. The van der Waals surface area contributed by atoms with E-state index in [0.717, 1.165) is 4.90 Å². The largest absolute Gasteiger partial charge is 0.492 e. The number of nitro groups is 2. The Hall–Kier alpha value is -2.81. The summed E-state index contributed by atoms with van der Waals surface area (Å²) in [5.41, 5.74) is 3.01. The van der Waals surface area contributed by atoms with Crippen LogP contribution in [-0.2, 0) is 30.0 Å². The molecule has 0 bridgehead atoms. The third kappa shape index (κ3) is 6.35. The second-order valence-corrected chi connectivity index (χ2v) is 8.53. The Morgan fingerprint density at radius 1 is 1.20 bits per heavy atom. The quantitative estimate of drug-likeness (QED) is 0.181. The van der Waals surface area contributed by atoms with E-state index in [-0.39, 0.29) is 18.6 Å². The van der Waals surface area contributed by atoms with Crippen LogP contribution in [0.3, 0.4) is 0 Å². The number of ketones is 2. The molecule has 0 aromatic carbocycles. The van der Waals surface area contributed by atoms with E-state index in [2.05, 4.69) is 0 Å². The number of hydrogen-bond acceptors (Lipinski definition) is 10. The van der Waals surface area contributed by atoms with Crippen LogP contribution in [0, 0.1) is 26.1 Å². The number of carboxylic acid groups (broad SMARTS) is 1. The van der Waals surface area contributed by atoms with E-state index in [1.165, 1.54) is 6.92 Å². The monoisotopic (exact) mass is 450 g/mol. The molecule has 1 rings (SSSR count).